The molecule has 0 atom stereocenters. The fourth-order valence-corrected chi connectivity index (χ4v) is 1.84. The van der Waals surface area contributed by atoms with Gasteiger partial charge in [-0.3, -0.25) is 0 Å². The largest absolute Gasteiger partial charge is 0.478 e. The van der Waals surface area contributed by atoms with E-state index in [4.69, 9.17) is 21.2 Å². The van der Waals surface area contributed by atoms with E-state index in [-0.39, 0.29) is 10.6 Å². The third-order valence-corrected chi connectivity index (χ3v) is 2.99. The lowest BCUT2D eigenvalue weighted by molar-refractivity contribution is 0.0696. The van der Waals surface area contributed by atoms with Crippen molar-refractivity contribution in [2.45, 2.75) is 20.4 Å². The second-order valence-corrected chi connectivity index (χ2v) is 4.42. The molecule has 2 N–H and O–H groups in total. The smallest absolute Gasteiger partial charge is 0.337 e. The Bertz CT molecular complexity index is 605. The van der Waals surface area contributed by atoms with E-state index in [1.165, 1.54) is 12.3 Å². The molecule has 2 aromatic rings. The number of nitrogens with zero attached hydrogens (tertiary/aromatic N) is 2. The molecule has 0 aliphatic heterocycles. The highest BCUT2D eigenvalue weighted by Crippen LogP contribution is 2.22. The highest BCUT2D eigenvalue weighted by Gasteiger charge is 2.11. The molecule has 0 bridgehead atoms. The van der Waals surface area contributed by atoms with E-state index in [0.29, 0.717) is 12.4 Å². The summed E-state index contributed by atoms with van der Waals surface area (Å²) < 4.78 is 5.04. The van der Waals surface area contributed by atoms with Crippen LogP contribution in [0, 0.1) is 13.8 Å². The van der Waals surface area contributed by atoms with Crippen LogP contribution in [0.25, 0.3) is 0 Å². The Morgan fingerprint density at radius 2 is 2.26 bits per heavy atom. The lowest BCUT2D eigenvalue weighted by atomic mass is 10.2. The van der Waals surface area contributed by atoms with E-state index < -0.39 is 5.97 Å². The van der Waals surface area contributed by atoms with Crippen molar-refractivity contribution in [2.75, 3.05) is 5.32 Å². The molecule has 0 aliphatic rings. The topological polar surface area (TPSA) is 88.3 Å². The van der Waals surface area contributed by atoms with Crippen molar-refractivity contribution in [1.82, 2.24) is 10.1 Å². The molecule has 0 saturated heterocycles. The van der Waals surface area contributed by atoms with Crippen LogP contribution in [-0.2, 0) is 6.54 Å². The third-order valence-electron chi connectivity index (χ3n) is 2.70. The maximum absolute atomic E-state index is 10.8. The zero-order valence-corrected chi connectivity index (χ0v) is 11.2. The fraction of sp³-hybridized carbons (Fsp3) is 0.250. The number of halogens is 1. The SMILES string of the molecule is Cc1noc(C)c1CNc1ncc(C(=O)O)cc1Cl. The van der Waals surface area contributed by atoms with Gasteiger partial charge in [0.25, 0.3) is 0 Å². The molecular weight excluding hydrogens is 270 g/mol. The number of nitrogens with one attached hydrogen (secondary N) is 1. The third kappa shape index (κ3) is 2.85. The molecule has 0 fully saturated rings. The Kier molecular flexibility index (Phi) is 3.71. The normalized spacial score (nSPS) is 10.5. The van der Waals surface area contributed by atoms with Crippen LogP contribution >= 0.6 is 11.6 Å². The molecule has 0 saturated carbocycles. The quantitative estimate of drug-likeness (QED) is 0.896. The highest BCUT2D eigenvalue weighted by molar-refractivity contribution is 6.33. The van der Waals surface area contributed by atoms with Crippen LogP contribution in [0.4, 0.5) is 5.82 Å². The fourth-order valence-electron chi connectivity index (χ4n) is 1.61. The van der Waals surface area contributed by atoms with Gasteiger partial charge in [-0.1, -0.05) is 16.8 Å². The standard InChI is InChI=1S/C12H12ClN3O3/c1-6-9(7(2)19-16-6)5-15-11-10(13)3-8(4-14-11)12(17)18/h3-4H,5H2,1-2H3,(H,14,15)(H,17,18). The van der Waals surface area contributed by atoms with Crippen molar-refractivity contribution in [3.63, 3.8) is 0 Å². The van der Waals surface area contributed by atoms with E-state index in [1.54, 1.807) is 0 Å². The molecule has 0 radical (unpaired) electrons. The van der Waals surface area contributed by atoms with Crippen LogP contribution in [0.15, 0.2) is 16.8 Å². The van der Waals surface area contributed by atoms with Gasteiger partial charge in [-0.2, -0.15) is 0 Å². The maximum Gasteiger partial charge on any atom is 0.337 e. The average molecular weight is 282 g/mol. The summed E-state index contributed by atoms with van der Waals surface area (Å²) in [7, 11) is 0. The van der Waals surface area contributed by atoms with E-state index in [1.807, 2.05) is 13.8 Å². The lowest BCUT2D eigenvalue weighted by Gasteiger charge is -2.07. The van der Waals surface area contributed by atoms with Gasteiger partial charge >= 0.3 is 5.97 Å². The van der Waals surface area contributed by atoms with Gasteiger partial charge in [-0.05, 0) is 19.9 Å². The van der Waals surface area contributed by atoms with E-state index in [0.717, 1.165) is 17.0 Å². The van der Waals surface area contributed by atoms with Crippen molar-refractivity contribution in [2.24, 2.45) is 0 Å². The first kappa shape index (κ1) is 13.4. The van der Waals surface area contributed by atoms with Crippen molar-refractivity contribution in [3.8, 4) is 0 Å². The van der Waals surface area contributed by atoms with Crippen LogP contribution < -0.4 is 5.32 Å². The summed E-state index contributed by atoms with van der Waals surface area (Å²) in [6.07, 6.45) is 1.25. The second kappa shape index (κ2) is 5.27. The molecule has 2 rings (SSSR count). The van der Waals surface area contributed by atoms with Crippen LogP contribution in [0.1, 0.15) is 27.4 Å². The second-order valence-electron chi connectivity index (χ2n) is 4.02. The number of carbonyl (C=O) groups is 1. The van der Waals surface area contributed by atoms with Crippen LogP contribution in [-0.4, -0.2) is 21.2 Å². The number of hydrogen-bond donors (Lipinski definition) is 2. The van der Waals surface area contributed by atoms with E-state index in [2.05, 4.69) is 15.5 Å². The summed E-state index contributed by atoms with van der Waals surface area (Å²) in [6, 6.07) is 1.35. The van der Waals surface area contributed by atoms with Gasteiger partial charge in [-0.15, -0.1) is 0 Å². The number of aromatic nitrogens is 2. The Morgan fingerprint density at radius 1 is 1.53 bits per heavy atom. The highest BCUT2D eigenvalue weighted by atomic mass is 35.5. The van der Waals surface area contributed by atoms with Crippen LogP contribution in [0.3, 0.4) is 0 Å². The first-order valence-corrected chi connectivity index (χ1v) is 5.91. The van der Waals surface area contributed by atoms with Gasteiger partial charge in [0.2, 0.25) is 0 Å². The summed E-state index contributed by atoms with van der Waals surface area (Å²) in [4.78, 5) is 14.7. The van der Waals surface area contributed by atoms with Crippen molar-refractivity contribution < 1.29 is 14.4 Å². The number of aryl methyl sites for hydroxylation is 2. The zero-order chi connectivity index (χ0) is 14.0. The van der Waals surface area contributed by atoms with Crippen molar-refractivity contribution in [3.05, 3.63) is 39.9 Å². The zero-order valence-electron chi connectivity index (χ0n) is 10.4. The van der Waals surface area contributed by atoms with Crippen LogP contribution in [0.2, 0.25) is 5.02 Å². The predicted molar refractivity (Wildman–Crippen MR) is 69.5 cm³/mol. The summed E-state index contributed by atoms with van der Waals surface area (Å²) in [5.74, 6) is 0.0848. The van der Waals surface area contributed by atoms with Crippen molar-refractivity contribution >= 4 is 23.4 Å². The van der Waals surface area contributed by atoms with Gasteiger partial charge in [0.1, 0.15) is 11.6 Å². The molecule has 19 heavy (non-hydrogen) atoms. The van der Waals surface area contributed by atoms with E-state index >= 15 is 0 Å². The minimum Gasteiger partial charge on any atom is -0.478 e. The predicted octanol–water partition coefficient (Wildman–Crippen LogP) is 2.65. The monoisotopic (exact) mass is 281 g/mol. The Labute approximate surface area is 114 Å². The number of carboxylic acids is 1. The molecule has 0 aromatic carbocycles. The molecule has 7 heteroatoms. The average Bonchev–Trinajstić information content (AvgIpc) is 2.68. The molecule has 0 unspecified atom stereocenters. The number of anilines is 1. The molecule has 2 heterocycles. The maximum atomic E-state index is 10.8. The first-order valence-electron chi connectivity index (χ1n) is 5.53. The summed E-state index contributed by atoms with van der Waals surface area (Å²) in [5, 5.41) is 15.9. The minimum atomic E-state index is -1.06. The van der Waals surface area contributed by atoms with Gasteiger partial charge < -0.3 is 14.9 Å². The molecule has 0 spiro atoms. The Balaban J connectivity index is 2.14. The number of aromatic carboxylic acids is 1. The molecule has 6 nitrogen and oxygen atoms in total. The van der Waals surface area contributed by atoms with Gasteiger partial charge in [0.15, 0.2) is 0 Å². The van der Waals surface area contributed by atoms with Gasteiger partial charge in [0, 0.05) is 18.3 Å². The number of hydrogen-bond acceptors (Lipinski definition) is 5. The first-order chi connectivity index (χ1) is 8.99. The lowest BCUT2D eigenvalue weighted by Crippen LogP contribution is -2.05. The molecule has 0 amide bonds. The molecule has 100 valence electrons. The van der Waals surface area contributed by atoms with E-state index in [9.17, 15) is 4.79 Å². The van der Waals surface area contributed by atoms with Gasteiger partial charge in [-0.25, -0.2) is 9.78 Å². The summed E-state index contributed by atoms with van der Waals surface area (Å²) >= 11 is 5.97. The Morgan fingerprint density at radius 3 is 2.79 bits per heavy atom. The molecular formula is C12H12ClN3O3. The summed E-state index contributed by atoms with van der Waals surface area (Å²) in [5.41, 5.74) is 1.77. The number of carboxylic acid groups (broad SMARTS) is 1. The van der Waals surface area contributed by atoms with Gasteiger partial charge in [0.05, 0.1) is 16.3 Å². The molecule has 2 aromatic heterocycles. The Hall–Kier alpha value is -2.08. The van der Waals surface area contributed by atoms with Crippen molar-refractivity contribution in [1.29, 1.82) is 0 Å². The summed E-state index contributed by atoms with van der Waals surface area (Å²) in [6.45, 7) is 4.12. The minimum absolute atomic E-state index is 0.0490. The van der Waals surface area contributed by atoms with Crippen LogP contribution in [0.5, 0.6) is 0 Å². The number of rotatable bonds is 4. The molecule has 0 aliphatic carbocycles. The number of pyridine rings is 1.